The van der Waals surface area contributed by atoms with Gasteiger partial charge in [0.2, 0.25) is 0 Å². The van der Waals surface area contributed by atoms with Crippen molar-refractivity contribution >= 4 is 28.2 Å². The van der Waals surface area contributed by atoms with E-state index in [0.29, 0.717) is 47.3 Å². The number of methoxy groups -OCH3 is 2. The van der Waals surface area contributed by atoms with Gasteiger partial charge in [-0.15, -0.1) is 0 Å². The minimum atomic E-state index is -0.173. The Bertz CT molecular complexity index is 1340. The lowest BCUT2D eigenvalue weighted by atomic mass is 10.1. The lowest BCUT2D eigenvalue weighted by molar-refractivity contribution is 0.355. The quantitative estimate of drug-likeness (QED) is 0.344. The van der Waals surface area contributed by atoms with Crippen LogP contribution < -0.4 is 20.3 Å². The molecule has 35 heavy (non-hydrogen) atoms. The maximum absolute atomic E-state index is 13.0. The number of aromatic nitrogens is 2. The Balaban J connectivity index is 1.57. The molecule has 0 saturated carbocycles. The SMILES string of the molecule is COc1cc2cc(CN(Cc3cccnc3)C(=S)NCCc3ccccc3)c(=O)[nH]c2cc1OC. The van der Waals surface area contributed by atoms with Crippen LogP contribution in [0.2, 0.25) is 0 Å². The summed E-state index contributed by atoms with van der Waals surface area (Å²) in [6.45, 7) is 1.55. The molecule has 0 saturated heterocycles. The smallest absolute Gasteiger partial charge is 0.253 e. The van der Waals surface area contributed by atoms with E-state index in [1.165, 1.54) is 5.56 Å². The van der Waals surface area contributed by atoms with Crippen LogP contribution in [0.3, 0.4) is 0 Å². The number of pyridine rings is 2. The number of ether oxygens (including phenoxy) is 2. The summed E-state index contributed by atoms with van der Waals surface area (Å²) in [5.74, 6) is 1.16. The number of rotatable bonds is 9. The average Bonchev–Trinajstić information content (AvgIpc) is 2.89. The van der Waals surface area contributed by atoms with Gasteiger partial charge in [-0.3, -0.25) is 9.78 Å². The van der Waals surface area contributed by atoms with Crippen molar-refractivity contribution in [2.75, 3.05) is 20.8 Å². The summed E-state index contributed by atoms with van der Waals surface area (Å²) < 4.78 is 10.8. The molecule has 0 atom stereocenters. The Kier molecular flexibility index (Phi) is 7.95. The summed E-state index contributed by atoms with van der Waals surface area (Å²) >= 11 is 5.75. The number of fused-ring (bicyclic) bond motifs is 1. The number of hydrogen-bond acceptors (Lipinski definition) is 5. The fraction of sp³-hybridized carbons (Fsp3) is 0.222. The molecule has 2 aromatic heterocycles. The summed E-state index contributed by atoms with van der Waals surface area (Å²) in [6.07, 6.45) is 4.39. The molecule has 0 radical (unpaired) electrons. The molecule has 0 bridgehead atoms. The molecule has 2 N–H and O–H groups in total. The summed E-state index contributed by atoms with van der Waals surface area (Å²) in [5.41, 5.74) is 3.34. The first-order valence-electron chi connectivity index (χ1n) is 11.3. The van der Waals surface area contributed by atoms with E-state index in [1.54, 1.807) is 32.7 Å². The molecule has 0 unspecified atom stereocenters. The van der Waals surface area contributed by atoms with E-state index in [-0.39, 0.29) is 5.56 Å². The molecule has 0 fully saturated rings. The fourth-order valence-corrected chi connectivity index (χ4v) is 4.11. The van der Waals surface area contributed by atoms with E-state index in [2.05, 4.69) is 27.4 Å². The molecule has 0 aliphatic heterocycles. The van der Waals surface area contributed by atoms with Crippen molar-refractivity contribution < 1.29 is 9.47 Å². The van der Waals surface area contributed by atoms with Crippen molar-refractivity contribution in [3.05, 3.63) is 100 Å². The highest BCUT2D eigenvalue weighted by Crippen LogP contribution is 2.31. The zero-order valence-electron chi connectivity index (χ0n) is 19.8. The first-order valence-corrected chi connectivity index (χ1v) is 11.7. The zero-order chi connectivity index (χ0) is 24.6. The molecule has 0 amide bonds. The van der Waals surface area contributed by atoms with Gasteiger partial charge in [-0.2, -0.15) is 0 Å². The van der Waals surface area contributed by atoms with Gasteiger partial charge in [0.15, 0.2) is 16.6 Å². The van der Waals surface area contributed by atoms with E-state index in [0.717, 1.165) is 17.4 Å². The Hall–Kier alpha value is -3.91. The van der Waals surface area contributed by atoms with Gasteiger partial charge in [0.1, 0.15) is 0 Å². The van der Waals surface area contributed by atoms with Gasteiger partial charge in [0.05, 0.1) is 26.3 Å². The Morgan fingerprint density at radius 1 is 1.00 bits per heavy atom. The molecule has 0 spiro atoms. The highest BCUT2D eigenvalue weighted by atomic mass is 32.1. The largest absolute Gasteiger partial charge is 0.493 e. The molecule has 0 aliphatic carbocycles. The predicted octanol–water partition coefficient (Wildman–Crippen LogP) is 4.06. The summed E-state index contributed by atoms with van der Waals surface area (Å²) in [6, 6.07) is 19.6. The van der Waals surface area contributed by atoms with Crippen molar-refractivity contribution in [1.29, 1.82) is 0 Å². The molecule has 4 aromatic rings. The maximum atomic E-state index is 13.0. The minimum Gasteiger partial charge on any atom is -0.493 e. The summed E-state index contributed by atoms with van der Waals surface area (Å²) in [5, 5.41) is 4.78. The molecule has 2 aromatic carbocycles. The van der Waals surface area contributed by atoms with Crippen LogP contribution in [0.15, 0.2) is 77.9 Å². The lowest BCUT2D eigenvalue weighted by Gasteiger charge is -2.26. The van der Waals surface area contributed by atoms with Gasteiger partial charge in [0.25, 0.3) is 5.56 Å². The normalized spacial score (nSPS) is 10.7. The molecular weight excluding hydrogens is 460 g/mol. The minimum absolute atomic E-state index is 0.173. The third kappa shape index (κ3) is 6.16. The van der Waals surface area contributed by atoms with Crippen LogP contribution >= 0.6 is 12.2 Å². The van der Waals surface area contributed by atoms with Crippen LogP contribution in [0.5, 0.6) is 11.5 Å². The van der Waals surface area contributed by atoms with E-state index < -0.39 is 0 Å². The van der Waals surface area contributed by atoms with Gasteiger partial charge < -0.3 is 24.7 Å². The van der Waals surface area contributed by atoms with Gasteiger partial charge in [-0.1, -0.05) is 36.4 Å². The van der Waals surface area contributed by atoms with Gasteiger partial charge in [-0.05, 0) is 48.0 Å². The zero-order valence-corrected chi connectivity index (χ0v) is 20.6. The van der Waals surface area contributed by atoms with Crippen molar-refractivity contribution in [3.8, 4) is 11.5 Å². The number of thiocarbonyl (C=S) groups is 1. The van der Waals surface area contributed by atoms with Crippen LogP contribution in [0.25, 0.3) is 10.9 Å². The highest BCUT2D eigenvalue weighted by Gasteiger charge is 2.15. The Morgan fingerprint density at radius 2 is 1.74 bits per heavy atom. The predicted molar refractivity (Wildman–Crippen MR) is 142 cm³/mol. The fourth-order valence-electron chi connectivity index (χ4n) is 3.88. The van der Waals surface area contributed by atoms with Crippen LogP contribution in [-0.4, -0.2) is 40.7 Å². The van der Waals surface area contributed by atoms with Crippen molar-refractivity contribution in [3.63, 3.8) is 0 Å². The maximum Gasteiger partial charge on any atom is 0.253 e. The van der Waals surface area contributed by atoms with Crippen LogP contribution in [0.1, 0.15) is 16.7 Å². The topological polar surface area (TPSA) is 79.5 Å². The molecular formula is C27H28N4O3S. The Morgan fingerprint density at radius 3 is 2.46 bits per heavy atom. The Labute approximate surface area is 209 Å². The van der Waals surface area contributed by atoms with Crippen LogP contribution in [0.4, 0.5) is 0 Å². The third-order valence-electron chi connectivity index (χ3n) is 5.70. The van der Waals surface area contributed by atoms with Crippen molar-refractivity contribution in [1.82, 2.24) is 20.2 Å². The van der Waals surface area contributed by atoms with E-state index in [9.17, 15) is 4.79 Å². The third-order valence-corrected chi connectivity index (χ3v) is 6.11. The number of nitrogens with zero attached hydrogens (tertiary/aromatic N) is 2. The number of nitrogens with one attached hydrogen (secondary N) is 2. The molecule has 4 rings (SSSR count). The second kappa shape index (κ2) is 11.5. The number of benzene rings is 2. The standard InChI is InChI=1S/C27H28N4O3S/c1-33-24-14-21-13-22(26(32)30-23(21)15-25(24)34-2)18-31(17-20-9-6-11-28-16-20)27(35)29-12-10-19-7-4-3-5-8-19/h3-9,11,13-16H,10,12,17-18H2,1-2H3,(H,29,35)(H,30,32). The molecule has 8 heteroatoms. The second-order valence-electron chi connectivity index (χ2n) is 8.10. The van der Waals surface area contributed by atoms with E-state index in [4.69, 9.17) is 21.7 Å². The van der Waals surface area contributed by atoms with Gasteiger partial charge in [-0.25, -0.2) is 0 Å². The average molecular weight is 489 g/mol. The van der Waals surface area contributed by atoms with E-state index >= 15 is 0 Å². The van der Waals surface area contributed by atoms with Crippen LogP contribution in [-0.2, 0) is 19.5 Å². The first kappa shape index (κ1) is 24.2. The first-order chi connectivity index (χ1) is 17.1. The van der Waals surface area contributed by atoms with Gasteiger partial charge in [0, 0.05) is 42.5 Å². The summed E-state index contributed by atoms with van der Waals surface area (Å²) in [7, 11) is 3.16. The summed E-state index contributed by atoms with van der Waals surface area (Å²) in [4.78, 5) is 22.1. The highest BCUT2D eigenvalue weighted by molar-refractivity contribution is 7.80. The molecule has 0 aliphatic rings. The molecule has 2 heterocycles. The molecule has 180 valence electrons. The van der Waals surface area contributed by atoms with Gasteiger partial charge >= 0.3 is 0 Å². The number of hydrogen-bond donors (Lipinski definition) is 2. The lowest BCUT2D eigenvalue weighted by Crippen LogP contribution is -2.40. The number of aromatic amines is 1. The van der Waals surface area contributed by atoms with Crippen LogP contribution in [0, 0.1) is 0 Å². The van der Waals surface area contributed by atoms with E-state index in [1.807, 2.05) is 47.4 Å². The monoisotopic (exact) mass is 488 g/mol. The van der Waals surface area contributed by atoms with Crippen molar-refractivity contribution in [2.45, 2.75) is 19.5 Å². The number of H-pyrrole nitrogens is 1. The second-order valence-corrected chi connectivity index (χ2v) is 8.49. The van der Waals surface area contributed by atoms with Crippen molar-refractivity contribution in [2.24, 2.45) is 0 Å². The molecule has 7 nitrogen and oxygen atoms in total.